The summed E-state index contributed by atoms with van der Waals surface area (Å²) in [5.74, 6) is 0.640. The van der Waals surface area contributed by atoms with E-state index in [0.717, 1.165) is 43.5 Å². The number of piperazine rings is 1. The van der Waals surface area contributed by atoms with Crippen LogP contribution in [0, 0.1) is 12.8 Å². The van der Waals surface area contributed by atoms with Crippen molar-refractivity contribution in [3.05, 3.63) is 11.1 Å². The van der Waals surface area contributed by atoms with E-state index in [-0.39, 0.29) is 5.91 Å². The first-order valence-corrected chi connectivity index (χ1v) is 8.08. The van der Waals surface area contributed by atoms with Crippen molar-refractivity contribution >= 4 is 22.4 Å². The lowest BCUT2D eigenvalue weighted by Gasteiger charge is -2.34. The number of anilines is 1. The minimum absolute atomic E-state index is 0.136. The van der Waals surface area contributed by atoms with E-state index in [4.69, 9.17) is 0 Å². The molecule has 0 atom stereocenters. The molecule has 0 aromatic carbocycles. The summed E-state index contributed by atoms with van der Waals surface area (Å²) >= 11 is 1.70. The van der Waals surface area contributed by atoms with Crippen LogP contribution in [0.25, 0.3) is 0 Å². The van der Waals surface area contributed by atoms with Crippen LogP contribution < -0.4 is 10.2 Å². The van der Waals surface area contributed by atoms with Crippen molar-refractivity contribution in [3.63, 3.8) is 0 Å². The van der Waals surface area contributed by atoms with E-state index in [1.165, 1.54) is 0 Å². The van der Waals surface area contributed by atoms with Gasteiger partial charge in [-0.2, -0.15) is 0 Å². The summed E-state index contributed by atoms with van der Waals surface area (Å²) in [6, 6.07) is 0. The van der Waals surface area contributed by atoms with Gasteiger partial charge in [0.25, 0.3) is 0 Å². The Morgan fingerprint density at radius 3 is 2.65 bits per heavy atom. The van der Waals surface area contributed by atoms with Crippen LogP contribution in [0.1, 0.15) is 19.5 Å². The number of nitrogens with one attached hydrogen (secondary N) is 1. The van der Waals surface area contributed by atoms with Crippen LogP contribution in [0.2, 0.25) is 0 Å². The first kappa shape index (κ1) is 15.3. The molecule has 112 valence electrons. The number of carbonyl (C=O) groups excluding carboxylic acids is 1. The fourth-order valence-electron chi connectivity index (χ4n) is 2.16. The predicted octanol–water partition coefficient (Wildman–Crippen LogP) is 1.35. The zero-order valence-electron chi connectivity index (χ0n) is 12.6. The molecule has 5 nitrogen and oxygen atoms in total. The van der Waals surface area contributed by atoms with Gasteiger partial charge in [-0.05, 0) is 12.8 Å². The average molecular weight is 296 g/mol. The molecule has 1 saturated heterocycles. The van der Waals surface area contributed by atoms with Crippen LogP contribution >= 0.6 is 11.3 Å². The molecular weight excluding hydrogens is 272 g/mol. The van der Waals surface area contributed by atoms with Crippen molar-refractivity contribution in [2.75, 3.05) is 44.2 Å². The second-order valence-electron chi connectivity index (χ2n) is 5.73. The minimum atomic E-state index is 0.136. The van der Waals surface area contributed by atoms with E-state index in [2.05, 4.69) is 39.3 Å². The zero-order valence-corrected chi connectivity index (χ0v) is 13.4. The van der Waals surface area contributed by atoms with Gasteiger partial charge in [0.15, 0.2) is 5.13 Å². The first-order chi connectivity index (χ1) is 9.54. The molecule has 0 unspecified atom stereocenters. The Labute approximate surface area is 125 Å². The molecule has 1 N–H and O–H groups in total. The van der Waals surface area contributed by atoms with E-state index in [9.17, 15) is 4.79 Å². The maximum absolute atomic E-state index is 11.8. The Morgan fingerprint density at radius 1 is 1.40 bits per heavy atom. The second-order valence-corrected chi connectivity index (χ2v) is 6.57. The van der Waals surface area contributed by atoms with Crippen LogP contribution in [0.3, 0.4) is 0 Å². The number of hydrogen-bond acceptors (Lipinski definition) is 5. The number of rotatable bonds is 5. The summed E-state index contributed by atoms with van der Waals surface area (Å²) in [7, 11) is 0. The van der Waals surface area contributed by atoms with Crippen LogP contribution in [0.4, 0.5) is 5.13 Å². The van der Waals surface area contributed by atoms with Crippen molar-refractivity contribution in [2.45, 2.75) is 20.8 Å². The van der Waals surface area contributed by atoms with E-state index in [0.29, 0.717) is 12.5 Å². The lowest BCUT2D eigenvalue weighted by molar-refractivity contribution is -0.122. The van der Waals surface area contributed by atoms with Gasteiger partial charge in [-0.1, -0.05) is 13.8 Å². The number of nitrogens with zero attached hydrogens (tertiary/aromatic N) is 3. The molecule has 2 heterocycles. The summed E-state index contributed by atoms with van der Waals surface area (Å²) in [4.78, 5) is 20.8. The second kappa shape index (κ2) is 7.04. The predicted molar refractivity (Wildman–Crippen MR) is 83.4 cm³/mol. The molecule has 2 rings (SSSR count). The summed E-state index contributed by atoms with van der Waals surface area (Å²) in [6.45, 7) is 11.3. The van der Waals surface area contributed by atoms with Crippen molar-refractivity contribution in [2.24, 2.45) is 5.92 Å². The fraction of sp³-hybridized carbons (Fsp3) is 0.714. The quantitative estimate of drug-likeness (QED) is 0.891. The molecule has 1 aliphatic rings. The molecule has 0 radical (unpaired) electrons. The summed E-state index contributed by atoms with van der Waals surface area (Å²) < 4.78 is 0. The number of aromatic nitrogens is 1. The third-order valence-corrected chi connectivity index (χ3v) is 4.34. The number of amides is 1. The normalized spacial score (nSPS) is 16.7. The average Bonchev–Trinajstić information content (AvgIpc) is 2.84. The van der Waals surface area contributed by atoms with Gasteiger partial charge in [-0.15, -0.1) is 11.3 Å². The molecule has 1 aromatic heterocycles. The topological polar surface area (TPSA) is 48.5 Å². The molecule has 0 bridgehead atoms. The molecule has 1 amide bonds. The Bertz CT molecular complexity index is 438. The number of carbonyl (C=O) groups is 1. The lowest BCUT2D eigenvalue weighted by atomic mass is 10.2. The molecule has 1 aliphatic heterocycles. The molecule has 1 aromatic rings. The third kappa shape index (κ3) is 4.45. The van der Waals surface area contributed by atoms with Crippen LogP contribution in [0.5, 0.6) is 0 Å². The zero-order chi connectivity index (χ0) is 14.5. The maximum atomic E-state index is 11.8. The van der Waals surface area contributed by atoms with Crippen LogP contribution in [-0.4, -0.2) is 55.1 Å². The van der Waals surface area contributed by atoms with Gasteiger partial charge in [-0.25, -0.2) is 4.98 Å². The maximum Gasteiger partial charge on any atom is 0.234 e. The van der Waals surface area contributed by atoms with Gasteiger partial charge in [-0.3, -0.25) is 9.69 Å². The molecule has 6 heteroatoms. The van der Waals surface area contributed by atoms with Crippen molar-refractivity contribution in [3.8, 4) is 0 Å². The third-order valence-electron chi connectivity index (χ3n) is 3.32. The van der Waals surface area contributed by atoms with E-state index in [1.54, 1.807) is 11.3 Å². The van der Waals surface area contributed by atoms with E-state index >= 15 is 0 Å². The molecule has 0 saturated carbocycles. The highest BCUT2D eigenvalue weighted by Gasteiger charge is 2.20. The Hall–Kier alpha value is -1.14. The summed E-state index contributed by atoms with van der Waals surface area (Å²) in [5, 5.41) is 6.16. The number of hydrogen-bond donors (Lipinski definition) is 1. The fourth-order valence-corrected chi connectivity index (χ4v) is 3.02. The van der Waals surface area contributed by atoms with E-state index < -0.39 is 0 Å². The highest BCUT2D eigenvalue weighted by atomic mass is 32.1. The Morgan fingerprint density at radius 2 is 2.10 bits per heavy atom. The highest BCUT2D eigenvalue weighted by molar-refractivity contribution is 7.13. The largest absolute Gasteiger partial charge is 0.355 e. The van der Waals surface area contributed by atoms with Crippen molar-refractivity contribution in [1.82, 2.24) is 15.2 Å². The molecule has 0 spiro atoms. The highest BCUT2D eigenvalue weighted by Crippen LogP contribution is 2.21. The van der Waals surface area contributed by atoms with Gasteiger partial charge in [0, 0.05) is 38.1 Å². The molecule has 20 heavy (non-hydrogen) atoms. The SMILES string of the molecule is Cc1csc(N2CCN(CC(=O)NCC(C)C)CC2)n1. The summed E-state index contributed by atoms with van der Waals surface area (Å²) in [5.41, 5.74) is 1.08. The van der Waals surface area contributed by atoms with Gasteiger partial charge < -0.3 is 10.2 Å². The standard InChI is InChI=1S/C14H24N4OS/c1-11(2)8-15-13(19)9-17-4-6-18(7-5-17)14-16-12(3)10-20-14/h10-11H,4-9H2,1-3H3,(H,15,19). The molecule has 1 fully saturated rings. The molecule has 0 aliphatic carbocycles. The van der Waals surface area contributed by atoms with Gasteiger partial charge in [0.05, 0.1) is 12.2 Å². The van der Waals surface area contributed by atoms with Crippen LogP contribution in [0.15, 0.2) is 5.38 Å². The van der Waals surface area contributed by atoms with Gasteiger partial charge in [0.2, 0.25) is 5.91 Å². The van der Waals surface area contributed by atoms with Crippen molar-refractivity contribution in [1.29, 1.82) is 0 Å². The lowest BCUT2D eigenvalue weighted by Crippen LogP contribution is -2.49. The van der Waals surface area contributed by atoms with Crippen LogP contribution in [-0.2, 0) is 4.79 Å². The van der Waals surface area contributed by atoms with Gasteiger partial charge >= 0.3 is 0 Å². The summed E-state index contributed by atoms with van der Waals surface area (Å²) in [6.07, 6.45) is 0. The Balaban J connectivity index is 1.73. The minimum Gasteiger partial charge on any atom is -0.355 e. The molecular formula is C14H24N4OS. The van der Waals surface area contributed by atoms with Crippen molar-refractivity contribution < 1.29 is 4.79 Å². The number of aryl methyl sites for hydroxylation is 1. The van der Waals surface area contributed by atoms with Gasteiger partial charge in [0.1, 0.15) is 0 Å². The first-order valence-electron chi connectivity index (χ1n) is 7.20. The monoisotopic (exact) mass is 296 g/mol. The van der Waals surface area contributed by atoms with E-state index in [1.807, 2.05) is 6.92 Å². The smallest absolute Gasteiger partial charge is 0.234 e. The number of thiazole rings is 1. The Kier molecular flexibility index (Phi) is 5.37.